The zero-order valence-corrected chi connectivity index (χ0v) is 9.11. The number of nitrogens with zero attached hydrogens (tertiary/aromatic N) is 1. The second-order valence-electron chi connectivity index (χ2n) is 4.09. The van der Waals surface area contributed by atoms with Crippen LogP contribution >= 0.6 is 0 Å². The molecule has 0 amide bonds. The zero-order chi connectivity index (χ0) is 11.4. The lowest BCUT2D eigenvalue weighted by molar-refractivity contribution is -0.137. The first-order valence-electron chi connectivity index (χ1n) is 5.59. The number of aliphatic carboxylic acids is 1. The van der Waals surface area contributed by atoms with Crippen LogP contribution in [-0.4, -0.2) is 34.3 Å². The molecule has 1 saturated heterocycles. The molecule has 1 aliphatic heterocycles. The van der Waals surface area contributed by atoms with Gasteiger partial charge in [-0.3, -0.25) is 4.79 Å². The van der Waals surface area contributed by atoms with Crippen LogP contribution in [0.5, 0.6) is 0 Å². The van der Waals surface area contributed by atoms with Crippen LogP contribution in [0, 0.1) is 0 Å². The molecule has 0 bridgehead atoms. The number of H-pyrrole nitrogens is 1. The minimum absolute atomic E-state index is 0.119. The van der Waals surface area contributed by atoms with Crippen LogP contribution in [-0.2, 0) is 16.0 Å². The number of nitrogens with one attached hydrogen (secondary N) is 1. The van der Waals surface area contributed by atoms with Crippen molar-refractivity contribution in [1.82, 2.24) is 9.97 Å². The van der Waals surface area contributed by atoms with E-state index >= 15 is 0 Å². The molecule has 88 valence electrons. The molecule has 0 aromatic carbocycles. The number of carboxylic acids is 1. The minimum Gasteiger partial charge on any atom is -0.481 e. The van der Waals surface area contributed by atoms with Gasteiger partial charge in [0.05, 0.1) is 13.0 Å². The van der Waals surface area contributed by atoms with Crippen molar-refractivity contribution in [1.29, 1.82) is 0 Å². The Morgan fingerprint density at radius 1 is 1.69 bits per heavy atom. The van der Waals surface area contributed by atoms with Crippen LogP contribution in [0.1, 0.15) is 36.7 Å². The Morgan fingerprint density at radius 2 is 2.56 bits per heavy atom. The average Bonchev–Trinajstić information content (AvgIpc) is 2.76. The van der Waals surface area contributed by atoms with Gasteiger partial charge in [-0.1, -0.05) is 0 Å². The Labute approximate surface area is 93.8 Å². The van der Waals surface area contributed by atoms with E-state index in [2.05, 4.69) is 9.97 Å². The number of hydrogen-bond donors (Lipinski definition) is 2. The Hall–Kier alpha value is -1.36. The summed E-state index contributed by atoms with van der Waals surface area (Å²) in [5.41, 5.74) is 1.07. The summed E-state index contributed by atoms with van der Waals surface area (Å²) in [7, 11) is 0. The smallest absolute Gasteiger partial charge is 0.303 e. The predicted octanol–water partition coefficient (Wildman–Crippen LogP) is 1.32. The molecule has 1 aromatic heterocycles. The Bertz CT molecular complexity index is 356. The number of aromatic nitrogens is 2. The van der Waals surface area contributed by atoms with Crippen LogP contribution in [0.25, 0.3) is 0 Å². The lowest BCUT2D eigenvalue weighted by Gasteiger charge is -2.20. The monoisotopic (exact) mass is 224 g/mol. The fraction of sp³-hybridized carbons (Fsp3) is 0.636. The predicted molar refractivity (Wildman–Crippen MR) is 57.3 cm³/mol. The lowest BCUT2D eigenvalue weighted by Crippen LogP contribution is -2.15. The van der Waals surface area contributed by atoms with Gasteiger partial charge < -0.3 is 14.8 Å². The van der Waals surface area contributed by atoms with Gasteiger partial charge in [0.2, 0.25) is 0 Å². The third-order valence-electron chi connectivity index (χ3n) is 2.82. The summed E-state index contributed by atoms with van der Waals surface area (Å²) in [6.07, 6.45) is 4.57. The molecule has 1 aliphatic rings. The summed E-state index contributed by atoms with van der Waals surface area (Å²) in [6, 6.07) is 0. The van der Waals surface area contributed by atoms with Gasteiger partial charge in [0.1, 0.15) is 5.82 Å². The number of imidazole rings is 1. The first-order chi connectivity index (χ1) is 7.75. The zero-order valence-electron chi connectivity index (χ0n) is 9.11. The fourth-order valence-corrected chi connectivity index (χ4v) is 1.92. The molecule has 0 saturated carbocycles. The third-order valence-corrected chi connectivity index (χ3v) is 2.82. The van der Waals surface area contributed by atoms with Crippen LogP contribution in [0.3, 0.4) is 0 Å². The Kier molecular flexibility index (Phi) is 3.56. The number of aryl methyl sites for hydroxylation is 1. The van der Waals surface area contributed by atoms with Crippen LogP contribution in [0.2, 0.25) is 0 Å². The SMILES string of the molecule is O=C(O)CCc1ncc(C2CCCOC2)[nH]1. The quantitative estimate of drug-likeness (QED) is 0.808. The maximum atomic E-state index is 10.4. The maximum absolute atomic E-state index is 10.4. The maximum Gasteiger partial charge on any atom is 0.303 e. The molecule has 0 aliphatic carbocycles. The van der Waals surface area contributed by atoms with Crippen LogP contribution in [0.4, 0.5) is 0 Å². The van der Waals surface area contributed by atoms with Gasteiger partial charge in [-0.2, -0.15) is 0 Å². The second kappa shape index (κ2) is 5.12. The largest absolute Gasteiger partial charge is 0.481 e. The molecular formula is C11H16N2O3. The van der Waals surface area contributed by atoms with Crippen molar-refractivity contribution in [3.63, 3.8) is 0 Å². The highest BCUT2D eigenvalue weighted by molar-refractivity contribution is 5.66. The van der Waals surface area contributed by atoms with E-state index in [1.165, 1.54) is 0 Å². The lowest BCUT2D eigenvalue weighted by atomic mass is 9.99. The van der Waals surface area contributed by atoms with Gasteiger partial charge in [0, 0.05) is 30.8 Å². The summed E-state index contributed by atoms with van der Waals surface area (Å²) >= 11 is 0. The molecule has 0 radical (unpaired) electrons. The molecule has 1 unspecified atom stereocenters. The summed E-state index contributed by atoms with van der Waals surface area (Å²) in [5.74, 6) is 0.349. The summed E-state index contributed by atoms with van der Waals surface area (Å²) in [6.45, 7) is 1.58. The second-order valence-corrected chi connectivity index (χ2v) is 4.09. The molecule has 1 aromatic rings. The highest BCUT2D eigenvalue weighted by Crippen LogP contribution is 2.23. The van der Waals surface area contributed by atoms with Gasteiger partial charge in [-0.05, 0) is 12.8 Å². The summed E-state index contributed by atoms with van der Waals surface area (Å²) in [5, 5.41) is 8.57. The van der Waals surface area contributed by atoms with Crippen LogP contribution in [0.15, 0.2) is 6.20 Å². The molecule has 2 N–H and O–H groups in total. The molecule has 16 heavy (non-hydrogen) atoms. The van der Waals surface area contributed by atoms with E-state index in [9.17, 15) is 4.79 Å². The molecule has 2 rings (SSSR count). The number of aromatic amines is 1. The van der Waals surface area contributed by atoms with Crippen molar-refractivity contribution in [3.05, 3.63) is 17.7 Å². The van der Waals surface area contributed by atoms with E-state index in [1.54, 1.807) is 6.20 Å². The molecule has 5 heteroatoms. The van der Waals surface area contributed by atoms with E-state index in [4.69, 9.17) is 9.84 Å². The number of ether oxygens (including phenoxy) is 1. The molecule has 1 atom stereocenters. The first kappa shape index (κ1) is 11.1. The standard InChI is InChI=1S/C11H16N2O3/c14-11(15)4-3-10-12-6-9(13-10)8-2-1-5-16-7-8/h6,8H,1-5,7H2,(H,12,13)(H,14,15). The van der Waals surface area contributed by atoms with E-state index in [-0.39, 0.29) is 6.42 Å². The first-order valence-corrected chi connectivity index (χ1v) is 5.59. The van der Waals surface area contributed by atoms with E-state index in [0.29, 0.717) is 12.3 Å². The van der Waals surface area contributed by atoms with Crippen molar-refractivity contribution in [2.75, 3.05) is 13.2 Å². The Morgan fingerprint density at radius 3 is 3.25 bits per heavy atom. The molecule has 2 heterocycles. The van der Waals surface area contributed by atoms with Crippen LogP contribution < -0.4 is 0 Å². The van der Waals surface area contributed by atoms with Gasteiger partial charge in [0.15, 0.2) is 0 Å². The number of carbonyl (C=O) groups is 1. The summed E-state index contributed by atoms with van der Waals surface area (Å²) in [4.78, 5) is 17.8. The number of hydrogen-bond acceptors (Lipinski definition) is 3. The van der Waals surface area contributed by atoms with E-state index in [1.807, 2.05) is 0 Å². The summed E-state index contributed by atoms with van der Waals surface area (Å²) < 4.78 is 5.40. The third kappa shape index (κ3) is 2.82. The van der Waals surface area contributed by atoms with Crippen molar-refractivity contribution < 1.29 is 14.6 Å². The number of rotatable bonds is 4. The van der Waals surface area contributed by atoms with Gasteiger partial charge >= 0.3 is 5.97 Å². The average molecular weight is 224 g/mol. The van der Waals surface area contributed by atoms with Gasteiger partial charge in [-0.25, -0.2) is 4.98 Å². The van der Waals surface area contributed by atoms with Crippen molar-refractivity contribution in [2.24, 2.45) is 0 Å². The topological polar surface area (TPSA) is 75.2 Å². The van der Waals surface area contributed by atoms with Crippen molar-refractivity contribution in [2.45, 2.75) is 31.6 Å². The fourth-order valence-electron chi connectivity index (χ4n) is 1.92. The van der Waals surface area contributed by atoms with E-state index in [0.717, 1.165) is 37.6 Å². The van der Waals surface area contributed by atoms with E-state index < -0.39 is 5.97 Å². The highest BCUT2D eigenvalue weighted by atomic mass is 16.5. The molecule has 0 spiro atoms. The Balaban J connectivity index is 1.93. The van der Waals surface area contributed by atoms with Crippen molar-refractivity contribution >= 4 is 5.97 Å². The molecule has 1 fully saturated rings. The van der Waals surface area contributed by atoms with Crippen molar-refractivity contribution in [3.8, 4) is 0 Å². The molecule has 5 nitrogen and oxygen atoms in total. The van der Waals surface area contributed by atoms with Gasteiger partial charge in [-0.15, -0.1) is 0 Å². The number of carboxylic acid groups (broad SMARTS) is 1. The molecular weight excluding hydrogens is 208 g/mol. The highest BCUT2D eigenvalue weighted by Gasteiger charge is 2.18. The van der Waals surface area contributed by atoms with Gasteiger partial charge in [0.25, 0.3) is 0 Å². The minimum atomic E-state index is -0.793. The normalized spacial score (nSPS) is 20.9.